The SMILES string of the molecule is CCCNCc1oc(CN(CCOC)C(C)CC)cc1C. The fourth-order valence-corrected chi connectivity index (χ4v) is 2.34. The number of rotatable bonds is 11. The molecule has 122 valence electrons. The molecule has 1 atom stereocenters. The van der Waals surface area contributed by atoms with Crippen LogP contribution in [0.15, 0.2) is 10.5 Å². The van der Waals surface area contributed by atoms with Crippen molar-refractivity contribution in [2.75, 3.05) is 26.8 Å². The molecular formula is C17H32N2O2. The smallest absolute Gasteiger partial charge is 0.120 e. The van der Waals surface area contributed by atoms with E-state index in [0.29, 0.717) is 6.04 Å². The van der Waals surface area contributed by atoms with E-state index in [1.165, 1.54) is 5.56 Å². The molecule has 0 aliphatic carbocycles. The van der Waals surface area contributed by atoms with Gasteiger partial charge in [0.1, 0.15) is 11.5 Å². The predicted octanol–water partition coefficient (Wildman–Crippen LogP) is 3.33. The molecule has 0 spiro atoms. The van der Waals surface area contributed by atoms with Crippen LogP contribution in [0.1, 0.15) is 50.7 Å². The van der Waals surface area contributed by atoms with Crippen LogP contribution < -0.4 is 5.32 Å². The summed E-state index contributed by atoms with van der Waals surface area (Å²) in [6, 6.07) is 2.71. The van der Waals surface area contributed by atoms with E-state index in [0.717, 1.165) is 57.1 Å². The van der Waals surface area contributed by atoms with Crippen molar-refractivity contribution in [3.63, 3.8) is 0 Å². The zero-order valence-corrected chi connectivity index (χ0v) is 14.4. The van der Waals surface area contributed by atoms with Crippen molar-refractivity contribution >= 4 is 0 Å². The van der Waals surface area contributed by atoms with Gasteiger partial charge in [-0.15, -0.1) is 0 Å². The number of hydrogen-bond acceptors (Lipinski definition) is 4. The van der Waals surface area contributed by atoms with Crippen molar-refractivity contribution in [1.82, 2.24) is 10.2 Å². The Labute approximate surface area is 129 Å². The first-order valence-corrected chi connectivity index (χ1v) is 8.14. The number of hydrogen-bond donors (Lipinski definition) is 1. The van der Waals surface area contributed by atoms with Crippen molar-refractivity contribution in [1.29, 1.82) is 0 Å². The van der Waals surface area contributed by atoms with Gasteiger partial charge in [0.15, 0.2) is 0 Å². The molecule has 0 saturated heterocycles. The van der Waals surface area contributed by atoms with Crippen LogP contribution in [0.25, 0.3) is 0 Å². The number of furan rings is 1. The maximum absolute atomic E-state index is 6.02. The highest BCUT2D eigenvalue weighted by atomic mass is 16.5. The second-order valence-electron chi connectivity index (χ2n) is 5.72. The Morgan fingerprint density at radius 2 is 2.14 bits per heavy atom. The summed E-state index contributed by atoms with van der Waals surface area (Å²) < 4.78 is 11.2. The van der Waals surface area contributed by atoms with Crippen molar-refractivity contribution in [3.05, 3.63) is 23.2 Å². The Morgan fingerprint density at radius 1 is 1.38 bits per heavy atom. The molecule has 0 bridgehead atoms. The van der Waals surface area contributed by atoms with Gasteiger partial charge in [0.05, 0.1) is 19.7 Å². The van der Waals surface area contributed by atoms with Crippen LogP contribution in [0.3, 0.4) is 0 Å². The van der Waals surface area contributed by atoms with Gasteiger partial charge in [-0.2, -0.15) is 0 Å². The molecule has 4 heteroatoms. The summed E-state index contributed by atoms with van der Waals surface area (Å²) in [5.74, 6) is 2.12. The van der Waals surface area contributed by atoms with E-state index >= 15 is 0 Å². The Kier molecular flexibility index (Phi) is 8.66. The van der Waals surface area contributed by atoms with Crippen LogP contribution in [0.2, 0.25) is 0 Å². The molecule has 0 aliphatic rings. The molecule has 0 aliphatic heterocycles. The number of nitrogens with one attached hydrogen (secondary N) is 1. The summed E-state index contributed by atoms with van der Waals surface area (Å²) in [6.07, 6.45) is 2.28. The van der Waals surface area contributed by atoms with Gasteiger partial charge in [-0.25, -0.2) is 0 Å². The van der Waals surface area contributed by atoms with Gasteiger partial charge in [-0.05, 0) is 44.9 Å². The summed E-state index contributed by atoms with van der Waals surface area (Å²) >= 11 is 0. The molecule has 1 unspecified atom stereocenters. The van der Waals surface area contributed by atoms with Gasteiger partial charge in [0, 0.05) is 19.7 Å². The summed E-state index contributed by atoms with van der Waals surface area (Å²) in [7, 11) is 1.75. The second-order valence-corrected chi connectivity index (χ2v) is 5.72. The number of methoxy groups -OCH3 is 1. The Balaban J connectivity index is 2.63. The molecule has 4 nitrogen and oxygen atoms in total. The number of nitrogens with zero attached hydrogens (tertiary/aromatic N) is 1. The molecule has 1 rings (SSSR count). The third kappa shape index (κ3) is 6.20. The molecule has 1 aromatic rings. The third-order valence-electron chi connectivity index (χ3n) is 3.94. The number of aryl methyl sites for hydroxylation is 1. The van der Waals surface area contributed by atoms with Gasteiger partial charge in [-0.1, -0.05) is 13.8 Å². The Hall–Kier alpha value is -0.840. The van der Waals surface area contributed by atoms with Crippen LogP contribution >= 0.6 is 0 Å². The third-order valence-corrected chi connectivity index (χ3v) is 3.94. The van der Waals surface area contributed by atoms with E-state index in [9.17, 15) is 0 Å². The number of ether oxygens (including phenoxy) is 1. The van der Waals surface area contributed by atoms with Gasteiger partial charge in [0.25, 0.3) is 0 Å². The topological polar surface area (TPSA) is 37.6 Å². The normalized spacial score (nSPS) is 13.0. The van der Waals surface area contributed by atoms with E-state index < -0.39 is 0 Å². The van der Waals surface area contributed by atoms with E-state index in [1.807, 2.05) is 0 Å². The fraction of sp³-hybridized carbons (Fsp3) is 0.765. The van der Waals surface area contributed by atoms with E-state index in [1.54, 1.807) is 7.11 Å². The van der Waals surface area contributed by atoms with Gasteiger partial charge < -0.3 is 14.5 Å². The first-order chi connectivity index (χ1) is 10.1. The van der Waals surface area contributed by atoms with Crippen LogP contribution in [0.5, 0.6) is 0 Å². The average Bonchev–Trinajstić information content (AvgIpc) is 2.83. The van der Waals surface area contributed by atoms with Crippen LogP contribution in [-0.4, -0.2) is 37.7 Å². The molecule has 0 amide bonds. The fourth-order valence-electron chi connectivity index (χ4n) is 2.34. The Morgan fingerprint density at radius 3 is 2.76 bits per heavy atom. The van der Waals surface area contributed by atoms with Crippen LogP contribution in [0.4, 0.5) is 0 Å². The first-order valence-electron chi connectivity index (χ1n) is 8.14. The molecule has 0 fully saturated rings. The highest BCUT2D eigenvalue weighted by Crippen LogP contribution is 2.18. The molecule has 0 aromatic carbocycles. The zero-order valence-electron chi connectivity index (χ0n) is 14.4. The average molecular weight is 296 g/mol. The van der Waals surface area contributed by atoms with Crippen molar-refractivity contribution in [2.24, 2.45) is 0 Å². The summed E-state index contributed by atoms with van der Waals surface area (Å²) in [4.78, 5) is 2.42. The highest BCUT2D eigenvalue weighted by molar-refractivity contribution is 5.20. The van der Waals surface area contributed by atoms with Gasteiger partial charge in [-0.3, -0.25) is 4.90 Å². The lowest BCUT2D eigenvalue weighted by Gasteiger charge is -2.27. The summed E-state index contributed by atoms with van der Waals surface area (Å²) in [5, 5.41) is 3.40. The molecule has 0 radical (unpaired) electrons. The van der Waals surface area contributed by atoms with E-state index in [-0.39, 0.29) is 0 Å². The summed E-state index contributed by atoms with van der Waals surface area (Å²) in [6.45, 7) is 13.2. The lowest BCUT2D eigenvalue weighted by molar-refractivity contribution is 0.112. The maximum atomic E-state index is 6.02. The van der Waals surface area contributed by atoms with Gasteiger partial charge in [0.2, 0.25) is 0 Å². The minimum absolute atomic E-state index is 0.534. The minimum Gasteiger partial charge on any atom is -0.463 e. The van der Waals surface area contributed by atoms with Crippen molar-refractivity contribution < 1.29 is 9.15 Å². The minimum atomic E-state index is 0.534. The van der Waals surface area contributed by atoms with Crippen molar-refractivity contribution in [3.8, 4) is 0 Å². The maximum Gasteiger partial charge on any atom is 0.120 e. The van der Waals surface area contributed by atoms with Crippen LogP contribution in [0, 0.1) is 6.92 Å². The molecule has 21 heavy (non-hydrogen) atoms. The molecule has 0 saturated carbocycles. The van der Waals surface area contributed by atoms with E-state index in [4.69, 9.17) is 9.15 Å². The molecular weight excluding hydrogens is 264 g/mol. The lowest BCUT2D eigenvalue weighted by Crippen LogP contribution is -2.34. The van der Waals surface area contributed by atoms with Gasteiger partial charge >= 0.3 is 0 Å². The molecule has 1 N–H and O–H groups in total. The first kappa shape index (κ1) is 18.2. The molecule has 1 heterocycles. The van der Waals surface area contributed by atoms with E-state index in [2.05, 4.69) is 44.0 Å². The highest BCUT2D eigenvalue weighted by Gasteiger charge is 2.15. The lowest BCUT2D eigenvalue weighted by atomic mass is 10.2. The standard InChI is InChI=1S/C17H32N2O2/c1-6-8-18-12-17-14(3)11-16(21-17)13-19(9-10-20-5)15(4)7-2/h11,15,18H,6-10,12-13H2,1-5H3. The van der Waals surface area contributed by atoms with Crippen molar-refractivity contribution in [2.45, 2.75) is 59.7 Å². The molecule has 1 aromatic heterocycles. The largest absolute Gasteiger partial charge is 0.463 e. The monoisotopic (exact) mass is 296 g/mol. The quantitative estimate of drug-likeness (QED) is 0.636. The zero-order chi connectivity index (χ0) is 15.7. The second kappa shape index (κ2) is 9.98. The van der Waals surface area contributed by atoms with Crippen LogP contribution in [-0.2, 0) is 17.8 Å². The summed E-state index contributed by atoms with van der Waals surface area (Å²) in [5.41, 5.74) is 1.24. The Bertz CT molecular complexity index is 390. The predicted molar refractivity (Wildman–Crippen MR) is 87.5 cm³/mol.